The number of ketones is 1. The van der Waals surface area contributed by atoms with Crippen molar-refractivity contribution < 1.29 is 205 Å². The van der Waals surface area contributed by atoms with Gasteiger partial charge >= 0.3 is 175 Å². The summed E-state index contributed by atoms with van der Waals surface area (Å²) in [5.41, 5.74) is 1.97. The van der Waals surface area contributed by atoms with Gasteiger partial charge < -0.3 is 45.7 Å². The van der Waals surface area contributed by atoms with Crippen LogP contribution in [0.15, 0.2) is 36.0 Å². The molecule has 0 saturated carbocycles. The number of hydrogen-bond acceptors (Lipinski definition) is 7. The normalized spacial score (nSPS) is 10.0. The van der Waals surface area contributed by atoms with Crippen molar-refractivity contribution in [3.63, 3.8) is 0 Å². The fourth-order valence-corrected chi connectivity index (χ4v) is 3.09. The predicted octanol–water partition coefficient (Wildman–Crippen LogP) is -4.75. The molecule has 0 aliphatic carbocycles. The minimum atomic E-state index is -0.600. The first kappa shape index (κ1) is 47.1. The van der Waals surface area contributed by atoms with Crippen LogP contribution in [0.2, 0.25) is 0 Å². The molecule has 4 amide bonds. The number of nitrogens with zero attached hydrogens (tertiary/aromatic N) is 3. The fourth-order valence-electron chi connectivity index (χ4n) is 3.09. The van der Waals surface area contributed by atoms with Crippen LogP contribution in [0.3, 0.4) is 0 Å². The van der Waals surface area contributed by atoms with E-state index < -0.39 is 18.2 Å². The number of carbonyl (C=O) groups excluding carboxylic acids is 5. The van der Waals surface area contributed by atoms with Gasteiger partial charge in [-0.15, -0.1) is 12.2 Å². The van der Waals surface area contributed by atoms with Gasteiger partial charge in [0, 0.05) is 52.7 Å². The summed E-state index contributed by atoms with van der Waals surface area (Å²) in [7, 11) is 1.74. The molecule has 0 heterocycles. The van der Waals surface area contributed by atoms with E-state index in [2.05, 4.69) is 26.6 Å². The van der Waals surface area contributed by atoms with Crippen LogP contribution in [0, 0.1) is 0 Å². The van der Waals surface area contributed by atoms with Gasteiger partial charge in [0.2, 0.25) is 0 Å². The summed E-state index contributed by atoms with van der Waals surface area (Å²) in [5.74, 6) is -1.21. The van der Waals surface area contributed by atoms with Crippen LogP contribution < -0.4 is 185 Å². The van der Waals surface area contributed by atoms with Gasteiger partial charge in [-0.05, 0) is 31.9 Å². The molecule has 11 nitrogen and oxygen atoms in total. The number of urea groups is 1. The number of unbranched alkanes of at least 4 members (excludes halogenated alkanes) is 3. The van der Waals surface area contributed by atoms with Crippen molar-refractivity contribution in [2.45, 2.75) is 51.9 Å². The van der Waals surface area contributed by atoms with E-state index in [4.69, 9.17) is 4.74 Å². The maximum absolute atomic E-state index is 12.0. The van der Waals surface area contributed by atoms with Crippen LogP contribution in [-0.2, 0) is 30.3 Å². The molecule has 0 aliphatic rings. The zero-order valence-electron chi connectivity index (χ0n) is 25.2. The average molecular weight is 787 g/mol. The Morgan fingerprint density at radius 3 is 2.27 bits per heavy atom. The number of hydrogen-bond donors (Lipinski definition) is 2. The van der Waals surface area contributed by atoms with Gasteiger partial charge in [-0.1, -0.05) is 43.7 Å². The molecule has 0 spiro atoms. The molecule has 1 aromatic rings. The molecule has 41 heavy (non-hydrogen) atoms. The van der Waals surface area contributed by atoms with Gasteiger partial charge in [0.1, 0.15) is 6.29 Å². The van der Waals surface area contributed by atoms with E-state index in [1.165, 1.54) is 6.08 Å². The Morgan fingerprint density at radius 2 is 1.61 bits per heavy atom. The summed E-state index contributed by atoms with van der Waals surface area (Å²) in [5, 5.41) is 17.1. The zero-order valence-corrected chi connectivity index (χ0v) is 40.0. The van der Waals surface area contributed by atoms with E-state index in [-0.39, 0.29) is 207 Å². The number of allylic oxidation sites excluding steroid dienone is 2. The molecule has 0 atom stereocenters. The second-order valence-corrected chi connectivity index (χ2v) is 8.44. The number of ether oxygens (including phenoxy) is 1. The third-order valence-corrected chi connectivity index (χ3v) is 5.14. The van der Waals surface area contributed by atoms with Crippen LogP contribution in [0.5, 0.6) is 0 Å². The average Bonchev–Trinajstić information content (AvgIpc) is 2.88. The van der Waals surface area contributed by atoms with Gasteiger partial charge in [-0.25, -0.2) is 0 Å². The van der Waals surface area contributed by atoms with Crippen molar-refractivity contribution in [2.24, 2.45) is 0 Å². The molecular weight excluding hydrogens is 747 g/mol. The maximum atomic E-state index is 12.0. The summed E-state index contributed by atoms with van der Waals surface area (Å²) in [4.78, 5) is 57.6. The zero-order chi connectivity index (χ0) is 28.0. The van der Waals surface area contributed by atoms with E-state index in [9.17, 15) is 24.0 Å². The Hall–Kier alpha value is 1.69. The smallest absolute Gasteiger partial charge is 0.651 e. The van der Waals surface area contributed by atoms with E-state index in [1.807, 2.05) is 0 Å². The topological polar surface area (TPSA) is 161 Å². The van der Waals surface area contributed by atoms with Crippen LogP contribution in [0.25, 0.3) is 16.0 Å². The quantitative estimate of drug-likeness (QED) is 0.0582. The molecule has 212 valence electrons. The van der Waals surface area contributed by atoms with Crippen LogP contribution in [0.4, 0.5) is 10.5 Å². The largest absolute Gasteiger partial charge is 1.00 e. The number of carbonyl (C=O) groups is 5. The standard InChI is InChI=1S/C27H41N5O6.3Rb.H2/c1-21(28-2)18-24(34)19-22-8-10-23(11-9-22)32-26(36)20-25(35)29-14-17-38-16-7-13-31-27(37)30-12-5-3-4-6-15-33;;;;/h8-11,15,18H,3-7,12-14,16-17,19-20H2,1-2H3,(H5,28,29,30,31,32,34,35,36,37);;;;1H/q;3*+1;/p-3. The summed E-state index contributed by atoms with van der Waals surface area (Å²) < 4.78 is 5.36. The Morgan fingerprint density at radius 1 is 0.902 bits per heavy atom. The molecule has 0 aromatic heterocycles. The van der Waals surface area contributed by atoms with Crippen molar-refractivity contribution in [1.29, 1.82) is 0 Å². The minimum absolute atomic E-state index is 0. The third kappa shape index (κ3) is 27.7. The summed E-state index contributed by atoms with van der Waals surface area (Å²) >= 11 is 0. The number of benzene rings is 1. The summed E-state index contributed by atoms with van der Waals surface area (Å²) in [6.07, 6.45) is 5.85. The van der Waals surface area contributed by atoms with Crippen molar-refractivity contribution in [3.8, 4) is 0 Å². The monoisotopic (exact) mass is 785 g/mol. The molecule has 0 aliphatic heterocycles. The van der Waals surface area contributed by atoms with Crippen molar-refractivity contribution in [2.75, 3.05) is 39.9 Å². The van der Waals surface area contributed by atoms with Gasteiger partial charge in [0.25, 0.3) is 0 Å². The Bertz CT molecular complexity index is 939. The van der Waals surface area contributed by atoms with Crippen LogP contribution >= 0.6 is 0 Å². The van der Waals surface area contributed by atoms with Gasteiger partial charge in [-0.2, -0.15) is 0 Å². The molecule has 0 saturated heterocycles. The van der Waals surface area contributed by atoms with Gasteiger partial charge in [0.05, 0.1) is 11.8 Å². The Labute approximate surface area is 391 Å². The molecule has 0 bridgehead atoms. The van der Waals surface area contributed by atoms with Crippen molar-refractivity contribution in [3.05, 3.63) is 57.6 Å². The van der Waals surface area contributed by atoms with Gasteiger partial charge in [-0.3, -0.25) is 9.59 Å². The SMILES string of the molecule is CN/C(C)=C\C(=O)Cc1ccc([N-]C(=O)CC(=O)[N-]CCOCCC[N-]C(=O)NCCCCCC=O)cc1.[HH].[Rb+].[Rb+].[Rb+]. The Kier molecular flexibility index (Phi) is 36.4. The third-order valence-electron chi connectivity index (χ3n) is 5.14. The van der Waals surface area contributed by atoms with Crippen LogP contribution in [-0.4, -0.2) is 69.8 Å². The number of aldehydes is 1. The number of nitrogens with one attached hydrogen (secondary N) is 2. The van der Waals surface area contributed by atoms with E-state index in [0.29, 0.717) is 38.2 Å². The summed E-state index contributed by atoms with van der Waals surface area (Å²) in [6.45, 7) is 3.37. The molecular formula is C27H40N5O6Rb3. The second-order valence-electron chi connectivity index (χ2n) is 8.44. The molecule has 0 fully saturated rings. The first-order valence-electron chi connectivity index (χ1n) is 12.7. The molecule has 0 radical (unpaired) electrons. The van der Waals surface area contributed by atoms with Crippen molar-refractivity contribution in [1.82, 2.24) is 10.6 Å². The summed E-state index contributed by atoms with van der Waals surface area (Å²) in [6, 6.07) is 6.32. The molecule has 14 heteroatoms. The Balaban J connectivity index is -0.00000180. The van der Waals surface area contributed by atoms with E-state index >= 15 is 0 Å². The minimum Gasteiger partial charge on any atom is -0.651 e. The van der Waals surface area contributed by atoms with Crippen molar-refractivity contribution >= 4 is 35.6 Å². The second kappa shape index (κ2) is 31.7. The predicted molar refractivity (Wildman–Crippen MR) is 148 cm³/mol. The maximum Gasteiger partial charge on any atom is 1.00 e. The van der Waals surface area contributed by atoms with Crippen LogP contribution in [0.1, 0.15) is 52.4 Å². The molecule has 1 aromatic carbocycles. The molecule has 1 rings (SSSR count). The molecule has 2 N–H and O–H groups in total. The molecule has 0 unspecified atom stereocenters. The van der Waals surface area contributed by atoms with Gasteiger partial charge in [0.15, 0.2) is 11.8 Å². The van der Waals surface area contributed by atoms with E-state index in [0.717, 1.165) is 36.8 Å². The fraction of sp³-hybridized carbons (Fsp3) is 0.519. The number of amides is 4. The van der Waals surface area contributed by atoms with E-state index in [1.54, 1.807) is 38.2 Å². The first-order chi connectivity index (χ1) is 18.3. The number of rotatable bonds is 20. The first-order valence-corrected chi connectivity index (χ1v) is 12.7.